The van der Waals surface area contributed by atoms with Crippen LogP contribution in [0.2, 0.25) is 0 Å². The van der Waals surface area contributed by atoms with E-state index >= 15 is 0 Å². The van der Waals surface area contributed by atoms with E-state index in [0.717, 1.165) is 67.0 Å². The lowest BCUT2D eigenvalue weighted by Crippen LogP contribution is -1.97. The lowest BCUT2D eigenvalue weighted by Gasteiger charge is -2.12. The Bertz CT molecular complexity index is 3180. The Hall–Kier alpha value is -7.63. The van der Waals surface area contributed by atoms with Crippen LogP contribution >= 0.6 is 0 Å². The van der Waals surface area contributed by atoms with Crippen molar-refractivity contribution in [2.24, 2.45) is 0 Å². The minimum atomic E-state index is 0.702. The van der Waals surface area contributed by atoms with Crippen LogP contribution in [0.4, 0.5) is 0 Å². The van der Waals surface area contributed by atoms with E-state index in [-0.39, 0.29) is 0 Å². The quantitative estimate of drug-likeness (QED) is 0.172. The summed E-state index contributed by atoms with van der Waals surface area (Å²) < 4.78 is 4.65. The fourth-order valence-corrected chi connectivity index (χ4v) is 8.26. The molecule has 5 heteroatoms. The average molecular weight is 716 g/mol. The molecule has 0 saturated carbocycles. The van der Waals surface area contributed by atoms with Crippen LogP contribution in [0.15, 0.2) is 200 Å². The number of hydrogen-bond donors (Lipinski definition) is 0. The molecule has 7 aromatic carbocycles. The first-order chi connectivity index (χ1) is 27.8. The zero-order valence-corrected chi connectivity index (χ0v) is 30.3. The van der Waals surface area contributed by atoms with Gasteiger partial charge in [0.2, 0.25) is 0 Å². The van der Waals surface area contributed by atoms with E-state index in [1.54, 1.807) is 0 Å². The van der Waals surface area contributed by atoms with Crippen molar-refractivity contribution in [2.75, 3.05) is 0 Å². The lowest BCUT2D eigenvalue weighted by atomic mass is 9.98. The third kappa shape index (κ3) is 5.21. The second-order valence-electron chi connectivity index (χ2n) is 14.1. The molecule has 0 atom stereocenters. The summed E-state index contributed by atoms with van der Waals surface area (Å²) in [5, 5.41) is 4.74. The molecule has 0 spiro atoms. The van der Waals surface area contributed by atoms with Gasteiger partial charge in [0.15, 0.2) is 5.82 Å². The highest BCUT2D eigenvalue weighted by molar-refractivity contribution is 6.17. The summed E-state index contributed by atoms with van der Waals surface area (Å²) in [5.41, 5.74) is 13.7. The van der Waals surface area contributed by atoms with Crippen LogP contribution in [0.5, 0.6) is 0 Å². The fraction of sp³-hybridized carbons (Fsp3) is 0. The molecule has 4 heterocycles. The van der Waals surface area contributed by atoms with Gasteiger partial charge in [-0.1, -0.05) is 127 Å². The third-order valence-corrected chi connectivity index (χ3v) is 10.8. The van der Waals surface area contributed by atoms with Crippen molar-refractivity contribution >= 4 is 43.7 Å². The van der Waals surface area contributed by atoms with Crippen LogP contribution in [-0.4, -0.2) is 24.1 Å². The summed E-state index contributed by atoms with van der Waals surface area (Å²) in [7, 11) is 0. The Morgan fingerprint density at radius 1 is 0.357 bits per heavy atom. The first-order valence-electron chi connectivity index (χ1n) is 18.9. The minimum absolute atomic E-state index is 0.702. The summed E-state index contributed by atoms with van der Waals surface area (Å²) >= 11 is 0. The largest absolute Gasteiger partial charge is 0.309 e. The van der Waals surface area contributed by atoms with Crippen LogP contribution in [0.3, 0.4) is 0 Å². The van der Waals surface area contributed by atoms with Crippen LogP contribution in [0.1, 0.15) is 0 Å². The number of benzene rings is 7. The number of pyridine rings is 1. The Balaban J connectivity index is 1.09. The Morgan fingerprint density at radius 2 is 0.982 bits per heavy atom. The van der Waals surface area contributed by atoms with E-state index in [2.05, 4.69) is 173 Å². The second kappa shape index (κ2) is 13.0. The van der Waals surface area contributed by atoms with Gasteiger partial charge in [-0.2, -0.15) is 0 Å². The molecule has 262 valence electrons. The number of para-hydroxylation sites is 2. The highest BCUT2D eigenvalue weighted by Crippen LogP contribution is 2.41. The Morgan fingerprint density at radius 3 is 1.80 bits per heavy atom. The molecule has 0 aliphatic heterocycles. The average Bonchev–Trinajstić information content (AvgIpc) is 3.80. The number of nitrogens with zero attached hydrogens (tertiary/aromatic N) is 5. The summed E-state index contributed by atoms with van der Waals surface area (Å²) in [4.78, 5) is 15.0. The summed E-state index contributed by atoms with van der Waals surface area (Å²) in [6.07, 6.45) is 1.88. The van der Waals surface area contributed by atoms with Gasteiger partial charge in [-0.3, -0.25) is 4.57 Å². The van der Waals surface area contributed by atoms with Gasteiger partial charge in [0.1, 0.15) is 5.65 Å². The Labute approximate surface area is 323 Å². The van der Waals surface area contributed by atoms with Crippen LogP contribution in [0.25, 0.3) is 100 Å². The smallest absolute Gasteiger partial charge is 0.160 e. The van der Waals surface area contributed by atoms with E-state index in [1.807, 2.05) is 36.5 Å². The van der Waals surface area contributed by atoms with Gasteiger partial charge < -0.3 is 4.57 Å². The van der Waals surface area contributed by atoms with Gasteiger partial charge in [0.25, 0.3) is 0 Å². The molecule has 0 saturated heterocycles. The van der Waals surface area contributed by atoms with Crippen molar-refractivity contribution in [3.8, 4) is 56.4 Å². The molecule has 0 aliphatic rings. The molecule has 0 N–H and O–H groups in total. The Kier molecular flexibility index (Phi) is 7.42. The van der Waals surface area contributed by atoms with Crippen molar-refractivity contribution < 1.29 is 0 Å². The fourth-order valence-electron chi connectivity index (χ4n) is 8.26. The molecule has 11 rings (SSSR count). The predicted octanol–water partition coefficient (Wildman–Crippen LogP) is 12.7. The van der Waals surface area contributed by atoms with E-state index in [0.29, 0.717) is 5.82 Å². The molecular formula is C51H33N5. The van der Waals surface area contributed by atoms with Gasteiger partial charge in [-0.15, -0.1) is 0 Å². The molecule has 0 aliphatic carbocycles. The van der Waals surface area contributed by atoms with Crippen LogP contribution in [-0.2, 0) is 0 Å². The van der Waals surface area contributed by atoms with Crippen molar-refractivity contribution in [3.63, 3.8) is 0 Å². The van der Waals surface area contributed by atoms with Crippen LogP contribution in [0, 0.1) is 0 Å². The molecule has 5 nitrogen and oxygen atoms in total. The van der Waals surface area contributed by atoms with Gasteiger partial charge in [0, 0.05) is 55.8 Å². The zero-order chi connectivity index (χ0) is 37.0. The van der Waals surface area contributed by atoms with Gasteiger partial charge >= 0.3 is 0 Å². The van der Waals surface area contributed by atoms with Crippen LogP contribution < -0.4 is 0 Å². The topological polar surface area (TPSA) is 48.5 Å². The van der Waals surface area contributed by atoms with Gasteiger partial charge in [0.05, 0.1) is 27.9 Å². The first-order valence-corrected chi connectivity index (χ1v) is 18.9. The molecule has 0 unspecified atom stereocenters. The van der Waals surface area contributed by atoms with E-state index in [9.17, 15) is 0 Å². The van der Waals surface area contributed by atoms with E-state index in [4.69, 9.17) is 15.0 Å². The second-order valence-corrected chi connectivity index (χ2v) is 14.1. The molecule has 56 heavy (non-hydrogen) atoms. The van der Waals surface area contributed by atoms with Gasteiger partial charge in [-0.05, 0) is 77.9 Å². The van der Waals surface area contributed by atoms with Crippen molar-refractivity contribution in [3.05, 3.63) is 200 Å². The molecule has 0 radical (unpaired) electrons. The van der Waals surface area contributed by atoms with Crippen molar-refractivity contribution in [1.29, 1.82) is 0 Å². The first kappa shape index (κ1) is 31.9. The number of fused-ring (bicyclic) bond motifs is 6. The molecule has 0 bridgehead atoms. The monoisotopic (exact) mass is 715 g/mol. The van der Waals surface area contributed by atoms with Crippen molar-refractivity contribution in [1.82, 2.24) is 24.1 Å². The van der Waals surface area contributed by atoms with Gasteiger partial charge in [-0.25, -0.2) is 15.0 Å². The summed E-state index contributed by atoms with van der Waals surface area (Å²) in [6, 6.07) is 68.3. The third-order valence-electron chi connectivity index (χ3n) is 10.8. The number of aromatic nitrogens is 5. The molecule has 0 amide bonds. The molecule has 0 fully saturated rings. The lowest BCUT2D eigenvalue weighted by molar-refractivity contribution is 1.14. The number of rotatable bonds is 6. The normalized spacial score (nSPS) is 11.6. The molecule has 4 aromatic heterocycles. The number of hydrogen-bond acceptors (Lipinski definition) is 3. The highest BCUT2D eigenvalue weighted by atomic mass is 15.0. The van der Waals surface area contributed by atoms with Crippen molar-refractivity contribution in [2.45, 2.75) is 0 Å². The molecule has 11 aromatic rings. The summed E-state index contributed by atoms with van der Waals surface area (Å²) in [6.45, 7) is 0. The highest BCUT2D eigenvalue weighted by Gasteiger charge is 2.19. The predicted molar refractivity (Wildman–Crippen MR) is 230 cm³/mol. The SMILES string of the molecule is c1ccc(-c2cc(-c3cccc(-n4c5ccccc5c5c(-c6ccc7c(c6)c6cccnc6n7-c6ccccc6)cccc54)c3)nc(-c3ccccc3)n2)cc1. The molecular weight excluding hydrogens is 683 g/mol. The van der Waals surface area contributed by atoms with E-state index in [1.165, 1.54) is 27.3 Å². The summed E-state index contributed by atoms with van der Waals surface area (Å²) in [5.74, 6) is 0.702. The standard InChI is InChI=1S/C51H33N5/c1-4-15-34(16-5-1)44-33-45(54-50(53-44)35-17-6-2-7-18-35)37-19-12-22-39(31-37)55-46-26-11-10-23-42(46)49-40(24-13-27-48(49)55)36-28-29-47-43(32-36)41-25-14-30-52-51(41)56(47)38-20-8-3-9-21-38/h1-33H. The maximum absolute atomic E-state index is 5.14. The van der Waals surface area contributed by atoms with E-state index < -0.39 is 0 Å². The maximum atomic E-state index is 5.14. The minimum Gasteiger partial charge on any atom is -0.309 e. The maximum Gasteiger partial charge on any atom is 0.160 e. The zero-order valence-electron chi connectivity index (χ0n) is 30.3.